The fraction of sp³-hybridized carbons (Fsp3) is 0.667. The molecule has 138 valence electrons. The van der Waals surface area contributed by atoms with Crippen molar-refractivity contribution in [2.75, 3.05) is 6.54 Å². The van der Waals surface area contributed by atoms with Gasteiger partial charge in [-0.3, -0.25) is 23.7 Å². The van der Waals surface area contributed by atoms with E-state index in [9.17, 15) is 37.3 Å². The summed E-state index contributed by atoms with van der Waals surface area (Å²) in [4.78, 5) is 45.0. The van der Waals surface area contributed by atoms with E-state index in [-0.39, 0.29) is 6.54 Å². The molecule has 0 rings (SSSR count). The fourth-order valence-corrected chi connectivity index (χ4v) is 2.79. The monoisotopic (exact) mass is 369 g/mol. The zero-order chi connectivity index (χ0) is 19.1. The fourth-order valence-electron chi connectivity index (χ4n) is 1.88. The van der Waals surface area contributed by atoms with Crippen molar-refractivity contribution in [3.05, 3.63) is 0 Å². The molecule has 0 heterocycles. The Labute approximate surface area is 137 Å². The molecular weight excluding hydrogens is 350 g/mol. The van der Waals surface area contributed by atoms with Crippen molar-refractivity contribution in [3.63, 3.8) is 0 Å². The van der Waals surface area contributed by atoms with Gasteiger partial charge in [0.1, 0.15) is 0 Å². The second-order valence-electron chi connectivity index (χ2n) is 5.09. The Hall–Kier alpha value is -2.21. The van der Waals surface area contributed by atoms with Gasteiger partial charge in [0.05, 0.1) is 6.42 Å². The molecule has 0 spiro atoms. The van der Waals surface area contributed by atoms with E-state index >= 15 is 0 Å². The van der Waals surface area contributed by atoms with Crippen LogP contribution in [0.3, 0.4) is 0 Å². The van der Waals surface area contributed by atoms with Gasteiger partial charge in [0.25, 0.3) is 10.1 Å². The second kappa shape index (κ2) is 8.59. The normalized spacial score (nSPS) is 14.0. The highest BCUT2D eigenvalue weighted by atomic mass is 32.2. The van der Waals surface area contributed by atoms with Gasteiger partial charge < -0.3 is 20.6 Å². The molecule has 0 aromatic heterocycles. The highest BCUT2D eigenvalue weighted by Crippen LogP contribution is 2.30. The number of amides is 1. The topological polar surface area (TPSA) is 195 Å². The van der Waals surface area contributed by atoms with Crippen molar-refractivity contribution in [1.29, 1.82) is 0 Å². The summed E-state index contributed by atoms with van der Waals surface area (Å²) in [7, 11) is -5.50. The molecule has 1 unspecified atom stereocenters. The number of carbonyl (C=O) groups is 4. The van der Waals surface area contributed by atoms with Gasteiger partial charge in [-0.25, -0.2) is 0 Å². The minimum atomic E-state index is -5.50. The summed E-state index contributed by atoms with van der Waals surface area (Å²) in [6.07, 6.45) is -1.62. The van der Waals surface area contributed by atoms with Crippen LogP contribution in [0.25, 0.3) is 0 Å². The number of hydrogen-bond donors (Lipinski definition) is 5. The van der Waals surface area contributed by atoms with E-state index in [2.05, 4.69) is 5.32 Å². The quantitative estimate of drug-likeness (QED) is 0.174. The zero-order valence-electron chi connectivity index (χ0n) is 12.8. The van der Waals surface area contributed by atoms with Crippen LogP contribution >= 0.6 is 0 Å². The number of unbranched alkanes of at least 4 members (excludes halogenated alkanes) is 1. The first kappa shape index (κ1) is 21.8. The summed E-state index contributed by atoms with van der Waals surface area (Å²) in [5.74, 6) is -9.72. The summed E-state index contributed by atoms with van der Waals surface area (Å²) < 4.78 is 29.1. The first-order valence-electron chi connectivity index (χ1n) is 6.81. The van der Waals surface area contributed by atoms with Gasteiger partial charge in [0.2, 0.25) is 10.7 Å². The van der Waals surface area contributed by atoms with Crippen molar-refractivity contribution in [3.8, 4) is 0 Å². The van der Waals surface area contributed by atoms with E-state index in [0.29, 0.717) is 12.8 Å². The molecule has 0 radical (unpaired) electrons. The van der Waals surface area contributed by atoms with Crippen LogP contribution in [0.5, 0.6) is 0 Å². The summed E-state index contributed by atoms with van der Waals surface area (Å²) in [6, 6.07) is 0. The van der Waals surface area contributed by atoms with E-state index in [0.717, 1.165) is 0 Å². The van der Waals surface area contributed by atoms with Gasteiger partial charge in [-0.05, 0) is 6.42 Å². The van der Waals surface area contributed by atoms with Crippen LogP contribution in [-0.2, 0) is 29.3 Å². The van der Waals surface area contributed by atoms with E-state index in [1.165, 1.54) is 0 Å². The average molecular weight is 369 g/mol. The number of rotatable bonds is 11. The first-order chi connectivity index (χ1) is 10.9. The molecule has 0 saturated carbocycles. The maximum Gasteiger partial charge on any atom is 0.328 e. The van der Waals surface area contributed by atoms with Crippen molar-refractivity contribution in [2.24, 2.45) is 5.92 Å². The Kier molecular flexibility index (Phi) is 7.80. The van der Waals surface area contributed by atoms with Crippen LogP contribution in [0.1, 0.15) is 32.6 Å². The molecule has 12 heteroatoms. The Morgan fingerprint density at radius 3 is 1.92 bits per heavy atom. The summed E-state index contributed by atoms with van der Waals surface area (Å²) in [6.45, 7) is 1.91. The largest absolute Gasteiger partial charge is 0.481 e. The SMILES string of the molecule is CCCCNC(=O)CC(CC(C(=O)O)C(=O)O)(C(=O)O)S(=O)(=O)O. The lowest BCUT2D eigenvalue weighted by molar-refractivity contribution is -0.156. The third-order valence-corrected chi connectivity index (χ3v) is 4.79. The van der Waals surface area contributed by atoms with Crippen LogP contribution in [0, 0.1) is 5.92 Å². The summed E-state index contributed by atoms with van der Waals surface area (Å²) in [5, 5.41) is 29.0. The number of nitrogens with one attached hydrogen (secondary N) is 1. The predicted molar refractivity (Wildman–Crippen MR) is 77.8 cm³/mol. The number of aliphatic carboxylic acids is 3. The van der Waals surface area contributed by atoms with Gasteiger partial charge >= 0.3 is 17.9 Å². The zero-order valence-corrected chi connectivity index (χ0v) is 13.6. The van der Waals surface area contributed by atoms with Gasteiger partial charge in [0.15, 0.2) is 5.92 Å². The number of carboxylic acids is 3. The Balaban J connectivity index is 5.76. The van der Waals surface area contributed by atoms with E-state index in [4.69, 9.17) is 10.2 Å². The molecule has 0 aliphatic carbocycles. The maximum atomic E-state index is 11.8. The Morgan fingerprint density at radius 1 is 1.08 bits per heavy atom. The molecule has 0 fully saturated rings. The molecule has 0 aliphatic heterocycles. The van der Waals surface area contributed by atoms with Crippen LogP contribution < -0.4 is 5.32 Å². The van der Waals surface area contributed by atoms with Gasteiger partial charge in [0, 0.05) is 13.0 Å². The average Bonchev–Trinajstić information content (AvgIpc) is 2.40. The third kappa shape index (κ3) is 5.45. The van der Waals surface area contributed by atoms with Crippen LogP contribution in [0.2, 0.25) is 0 Å². The van der Waals surface area contributed by atoms with E-state index in [1.807, 2.05) is 0 Å². The van der Waals surface area contributed by atoms with Crippen molar-refractivity contribution in [2.45, 2.75) is 37.4 Å². The Bertz CT molecular complexity index is 599. The molecule has 24 heavy (non-hydrogen) atoms. The number of hydrogen-bond acceptors (Lipinski definition) is 6. The highest BCUT2D eigenvalue weighted by molar-refractivity contribution is 7.88. The first-order valence-corrected chi connectivity index (χ1v) is 8.25. The molecule has 0 aromatic rings. The van der Waals surface area contributed by atoms with Crippen molar-refractivity contribution < 1.29 is 47.5 Å². The van der Waals surface area contributed by atoms with E-state index in [1.54, 1.807) is 6.92 Å². The van der Waals surface area contributed by atoms with Gasteiger partial charge in [-0.2, -0.15) is 8.42 Å². The highest BCUT2D eigenvalue weighted by Gasteiger charge is 2.55. The van der Waals surface area contributed by atoms with E-state index < -0.39 is 57.4 Å². The van der Waals surface area contributed by atoms with Crippen molar-refractivity contribution >= 4 is 33.9 Å². The molecule has 0 aromatic carbocycles. The molecule has 5 N–H and O–H groups in total. The lowest BCUT2D eigenvalue weighted by atomic mass is 9.90. The predicted octanol–water partition coefficient (Wildman–Crippen LogP) is -0.820. The van der Waals surface area contributed by atoms with Crippen LogP contribution in [0.4, 0.5) is 0 Å². The van der Waals surface area contributed by atoms with Crippen LogP contribution in [-0.4, -0.2) is 63.4 Å². The lowest BCUT2D eigenvalue weighted by Crippen LogP contribution is -2.52. The molecule has 1 amide bonds. The Morgan fingerprint density at radius 2 is 1.58 bits per heavy atom. The van der Waals surface area contributed by atoms with Gasteiger partial charge in [-0.1, -0.05) is 13.3 Å². The lowest BCUT2D eigenvalue weighted by Gasteiger charge is -2.27. The molecule has 1 atom stereocenters. The van der Waals surface area contributed by atoms with Crippen LogP contribution in [0.15, 0.2) is 0 Å². The minimum absolute atomic E-state index is 0.109. The molecule has 0 aliphatic rings. The van der Waals surface area contributed by atoms with Crippen molar-refractivity contribution in [1.82, 2.24) is 5.32 Å². The molecule has 0 saturated heterocycles. The smallest absolute Gasteiger partial charge is 0.328 e. The molecule has 0 bridgehead atoms. The number of carboxylic acid groups (broad SMARTS) is 3. The summed E-state index contributed by atoms with van der Waals surface area (Å²) >= 11 is 0. The molecular formula is C12H19NO10S. The maximum absolute atomic E-state index is 11.8. The summed E-state index contributed by atoms with van der Waals surface area (Å²) in [5.41, 5.74) is 0. The second-order valence-corrected chi connectivity index (χ2v) is 6.82. The third-order valence-electron chi connectivity index (χ3n) is 3.31. The number of carbonyl (C=O) groups excluding carboxylic acids is 1. The minimum Gasteiger partial charge on any atom is -0.481 e. The standard InChI is InChI=1S/C12H19NO10S/c1-2-3-4-13-8(14)6-12(11(19)20,24(21,22)23)5-7(9(15)16)10(17)18/h7H,2-6H2,1H3,(H,13,14)(H,15,16)(H,17,18)(H,19,20)(H,21,22,23). The van der Waals surface area contributed by atoms with Gasteiger partial charge in [-0.15, -0.1) is 0 Å². The molecule has 11 nitrogen and oxygen atoms in total.